The van der Waals surface area contributed by atoms with Gasteiger partial charge in [-0.2, -0.15) is 4.37 Å². The largest absolute Gasteiger partial charge is 0.476 e. The van der Waals surface area contributed by atoms with Crippen LogP contribution in [0.2, 0.25) is 0 Å². The van der Waals surface area contributed by atoms with E-state index in [4.69, 9.17) is 9.84 Å². The number of carboxylic acids is 1. The fraction of sp³-hybridized carbons (Fsp3) is 0.333. The van der Waals surface area contributed by atoms with Gasteiger partial charge in [-0.1, -0.05) is 0 Å². The summed E-state index contributed by atoms with van der Waals surface area (Å²) in [4.78, 5) is 27.8. The minimum Gasteiger partial charge on any atom is -0.476 e. The second-order valence-electron chi connectivity index (χ2n) is 3.93. The summed E-state index contributed by atoms with van der Waals surface area (Å²) in [5.41, 5.74) is 1.31. The van der Waals surface area contributed by atoms with Crippen LogP contribution in [0.25, 0.3) is 10.2 Å². The Kier molecular flexibility index (Phi) is 3.48. The van der Waals surface area contributed by atoms with Crippen molar-refractivity contribution in [2.45, 2.75) is 20.8 Å². The van der Waals surface area contributed by atoms with Gasteiger partial charge in [0.25, 0.3) is 0 Å². The normalized spacial score (nSPS) is 10.7. The predicted molar refractivity (Wildman–Crippen MR) is 69.8 cm³/mol. The Labute approximate surface area is 113 Å². The standard InChI is InChI=1S/C12H12N2O4S/c1-4-18-12(17)7-5(2)8-9(11(15)16)14-19-10(8)13-6(7)3/h4H2,1-3H3,(H,15,16). The molecule has 0 radical (unpaired) electrons. The lowest BCUT2D eigenvalue weighted by atomic mass is 10.0. The van der Waals surface area contributed by atoms with Crippen molar-refractivity contribution in [3.05, 3.63) is 22.5 Å². The van der Waals surface area contributed by atoms with E-state index in [-0.39, 0.29) is 12.3 Å². The van der Waals surface area contributed by atoms with E-state index in [1.165, 1.54) is 0 Å². The van der Waals surface area contributed by atoms with E-state index in [1.807, 2.05) is 0 Å². The number of carboxylic acid groups (broad SMARTS) is 1. The first kappa shape index (κ1) is 13.4. The molecule has 2 aromatic heterocycles. The van der Waals surface area contributed by atoms with Crippen LogP contribution in [0, 0.1) is 13.8 Å². The molecule has 1 N–H and O–H groups in total. The number of carbonyl (C=O) groups excluding carboxylic acids is 1. The Morgan fingerprint density at radius 1 is 1.37 bits per heavy atom. The first-order valence-electron chi connectivity index (χ1n) is 5.64. The van der Waals surface area contributed by atoms with Gasteiger partial charge in [0.1, 0.15) is 4.83 Å². The van der Waals surface area contributed by atoms with Crippen molar-refractivity contribution in [3.63, 3.8) is 0 Å². The predicted octanol–water partition coefficient (Wildman–Crippen LogP) is 2.18. The maximum Gasteiger partial charge on any atom is 0.356 e. The molecule has 0 aliphatic rings. The van der Waals surface area contributed by atoms with E-state index in [9.17, 15) is 9.59 Å². The molecular weight excluding hydrogens is 268 g/mol. The number of hydrogen-bond acceptors (Lipinski definition) is 6. The molecule has 0 unspecified atom stereocenters. The molecule has 0 saturated carbocycles. The van der Waals surface area contributed by atoms with Crippen LogP contribution in [0.3, 0.4) is 0 Å². The average Bonchev–Trinajstić information content (AvgIpc) is 2.73. The highest BCUT2D eigenvalue weighted by Crippen LogP contribution is 2.28. The van der Waals surface area contributed by atoms with Crippen molar-refractivity contribution < 1.29 is 19.4 Å². The van der Waals surface area contributed by atoms with E-state index in [1.54, 1.807) is 20.8 Å². The molecular formula is C12H12N2O4S. The van der Waals surface area contributed by atoms with E-state index in [0.29, 0.717) is 27.0 Å². The lowest BCUT2D eigenvalue weighted by Gasteiger charge is -2.09. The molecule has 100 valence electrons. The van der Waals surface area contributed by atoms with Crippen LogP contribution in [0.1, 0.15) is 39.0 Å². The number of rotatable bonds is 3. The van der Waals surface area contributed by atoms with Crippen molar-refractivity contribution in [1.29, 1.82) is 0 Å². The zero-order valence-electron chi connectivity index (χ0n) is 10.7. The SMILES string of the molecule is CCOC(=O)c1c(C)nc2snc(C(=O)O)c2c1C. The highest BCUT2D eigenvalue weighted by Gasteiger charge is 2.23. The summed E-state index contributed by atoms with van der Waals surface area (Å²) in [5.74, 6) is -1.62. The molecule has 0 amide bonds. The summed E-state index contributed by atoms with van der Waals surface area (Å²) in [5, 5.41) is 9.51. The highest BCUT2D eigenvalue weighted by molar-refractivity contribution is 7.13. The lowest BCUT2D eigenvalue weighted by Crippen LogP contribution is -2.11. The molecule has 0 aromatic carbocycles. The Morgan fingerprint density at radius 3 is 2.63 bits per heavy atom. The van der Waals surface area contributed by atoms with Gasteiger partial charge in [-0.15, -0.1) is 0 Å². The van der Waals surface area contributed by atoms with Crippen molar-refractivity contribution in [1.82, 2.24) is 9.36 Å². The van der Waals surface area contributed by atoms with Crippen LogP contribution >= 0.6 is 11.5 Å². The monoisotopic (exact) mass is 280 g/mol. The number of ether oxygens (including phenoxy) is 1. The van der Waals surface area contributed by atoms with Crippen LogP contribution in [-0.4, -0.2) is 33.0 Å². The summed E-state index contributed by atoms with van der Waals surface area (Å²) in [7, 11) is 0. The smallest absolute Gasteiger partial charge is 0.356 e. The number of nitrogens with zero attached hydrogens (tertiary/aromatic N) is 2. The zero-order valence-corrected chi connectivity index (χ0v) is 11.5. The molecule has 0 fully saturated rings. The van der Waals surface area contributed by atoms with Gasteiger partial charge in [-0.25, -0.2) is 14.6 Å². The van der Waals surface area contributed by atoms with E-state index >= 15 is 0 Å². The van der Waals surface area contributed by atoms with Gasteiger partial charge in [0, 0.05) is 0 Å². The Morgan fingerprint density at radius 2 is 2.05 bits per heavy atom. The molecule has 0 saturated heterocycles. The fourth-order valence-electron chi connectivity index (χ4n) is 1.95. The van der Waals surface area contributed by atoms with Gasteiger partial charge in [-0.3, -0.25) is 0 Å². The van der Waals surface area contributed by atoms with Gasteiger partial charge < -0.3 is 9.84 Å². The third kappa shape index (κ3) is 2.17. The summed E-state index contributed by atoms with van der Waals surface area (Å²) < 4.78 is 8.84. The third-order valence-electron chi connectivity index (χ3n) is 2.74. The topological polar surface area (TPSA) is 89.4 Å². The number of aryl methyl sites for hydroxylation is 2. The molecule has 0 spiro atoms. The molecule has 0 atom stereocenters. The average molecular weight is 280 g/mol. The van der Waals surface area contributed by atoms with Crippen LogP contribution in [-0.2, 0) is 4.74 Å². The number of aromatic nitrogens is 2. The van der Waals surface area contributed by atoms with Crippen molar-refractivity contribution in [2.24, 2.45) is 0 Å². The number of aromatic carboxylic acids is 1. The van der Waals surface area contributed by atoms with Crippen LogP contribution in [0.4, 0.5) is 0 Å². The first-order chi connectivity index (χ1) is 8.97. The molecule has 2 aromatic rings. The number of hydrogen-bond donors (Lipinski definition) is 1. The number of esters is 1. The van der Waals surface area contributed by atoms with Crippen molar-refractivity contribution in [2.75, 3.05) is 6.61 Å². The Hall–Kier alpha value is -2.02. The molecule has 19 heavy (non-hydrogen) atoms. The van der Waals surface area contributed by atoms with Gasteiger partial charge in [0.05, 0.1) is 23.3 Å². The number of fused-ring (bicyclic) bond motifs is 1. The van der Waals surface area contributed by atoms with Crippen LogP contribution in [0.5, 0.6) is 0 Å². The second kappa shape index (κ2) is 4.93. The second-order valence-corrected chi connectivity index (χ2v) is 4.69. The minimum atomic E-state index is -1.13. The lowest BCUT2D eigenvalue weighted by molar-refractivity contribution is 0.0523. The maximum absolute atomic E-state index is 11.9. The van der Waals surface area contributed by atoms with Gasteiger partial charge in [-0.05, 0) is 37.9 Å². The van der Waals surface area contributed by atoms with Gasteiger partial charge in [0.15, 0.2) is 5.69 Å². The molecule has 7 heteroatoms. The summed E-state index contributed by atoms with van der Waals surface area (Å²) in [6.45, 7) is 5.34. The Balaban J connectivity index is 2.75. The van der Waals surface area contributed by atoms with E-state index in [0.717, 1.165) is 11.5 Å². The maximum atomic E-state index is 11.9. The summed E-state index contributed by atoms with van der Waals surface area (Å²) in [6.07, 6.45) is 0. The van der Waals surface area contributed by atoms with Gasteiger partial charge in [0.2, 0.25) is 0 Å². The molecule has 2 heterocycles. The van der Waals surface area contributed by atoms with Gasteiger partial charge >= 0.3 is 11.9 Å². The van der Waals surface area contributed by atoms with E-state index < -0.39 is 11.9 Å². The third-order valence-corrected chi connectivity index (χ3v) is 3.48. The quantitative estimate of drug-likeness (QED) is 0.867. The van der Waals surface area contributed by atoms with E-state index in [2.05, 4.69) is 9.36 Å². The van der Waals surface area contributed by atoms with Crippen LogP contribution in [0.15, 0.2) is 0 Å². The summed E-state index contributed by atoms with van der Waals surface area (Å²) in [6, 6.07) is 0. The summed E-state index contributed by atoms with van der Waals surface area (Å²) >= 11 is 1.01. The van der Waals surface area contributed by atoms with Crippen LogP contribution < -0.4 is 0 Å². The zero-order chi connectivity index (χ0) is 14.2. The molecule has 0 bridgehead atoms. The van der Waals surface area contributed by atoms with Crippen molar-refractivity contribution >= 4 is 33.7 Å². The Bertz CT molecular complexity index is 678. The number of carbonyl (C=O) groups is 2. The first-order valence-corrected chi connectivity index (χ1v) is 6.41. The highest BCUT2D eigenvalue weighted by atomic mass is 32.1. The fourth-order valence-corrected chi connectivity index (χ4v) is 2.82. The molecule has 0 aliphatic heterocycles. The minimum absolute atomic E-state index is 0.0736. The van der Waals surface area contributed by atoms with Crippen molar-refractivity contribution in [3.8, 4) is 0 Å². The number of pyridine rings is 1. The molecule has 2 rings (SSSR count). The molecule has 6 nitrogen and oxygen atoms in total. The molecule has 0 aliphatic carbocycles.